The Morgan fingerprint density at radius 1 is 1.08 bits per heavy atom. The molecule has 0 radical (unpaired) electrons. The Kier molecular flexibility index (Phi) is 5.16. The Morgan fingerprint density at radius 3 is 2.31 bits per heavy atom. The lowest BCUT2D eigenvalue weighted by molar-refractivity contribution is -0.130. The molecule has 1 fully saturated rings. The maximum atomic E-state index is 12.8. The predicted molar refractivity (Wildman–Crippen MR) is 105 cm³/mol. The second kappa shape index (κ2) is 6.94. The molecular formula is C19H24N2O3S2. The molecule has 1 aromatic rings. The van der Waals surface area contributed by atoms with Gasteiger partial charge in [-0.05, 0) is 37.0 Å². The smallest absolute Gasteiger partial charge is 0.329 e. The van der Waals surface area contributed by atoms with Crippen LogP contribution in [-0.2, 0) is 10.2 Å². The van der Waals surface area contributed by atoms with Gasteiger partial charge in [0.05, 0.1) is 9.81 Å². The van der Waals surface area contributed by atoms with Crippen LogP contribution >= 0.6 is 23.5 Å². The number of hydrogen-bond donors (Lipinski definition) is 1. The van der Waals surface area contributed by atoms with Crippen LogP contribution in [0.15, 0.2) is 37.8 Å². The van der Waals surface area contributed by atoms with E-state index in [1.807, 2.05) is 0 Å². The first-order chi connectivity index (χ1) is 12.2. The zero-order chi connectivity index (χ0) is 19.2. The predicted octanol–water partition coefficient (Wildman–Crippen LogP) is 4.02. The molecule has 1 unspecified atom stereocenters. The summed E-state index contributed by atoms with van der Waals surface area (Å²) in [5.41, 5.74) is 1.57. The first-order valence-corrected chi connectivity index (χ1v) is 10.4. The summed E-state index contributed by atoms with van der Waals surface area (Å²) in [6.07, 6.45) is -1.20. The number of likely N-dealkylation sites (N-methyl/N-ethyl adjacent to an activating group) is 2. The van der Waals surface area contributed by atoms with E-state index in [0.717, 1.165) is 14.0 Å². The third-order valence-electron chi connectivity index (χ3n) is 4.60. The minimum atomic E-state index is -1.20. The number of aliphatic hydroxyl groups is 1. The number of hydrogen-bond acceptors (Lipinski definition) is 5. The lowest BCUT2D eigenvalue weighted by Gasteiger charge is -2.38. The molecule has 2 heterocycles. The number of nitrogens with zero attached hydrogens (tertiary/aromatic N) is 2. The molecule has 0 aliphatic carbocycles. The van der Waals surface area contributed by atoms with Gasteiger partial charge in [-0.1, -0.05) is 50.4 Å². The Balaban J connectivity index is 2.02. The van der Waals surface area contributed by atoms with Crippen LogP contribution in [0.4, 0.5) is 4.79 Å². The van der Waals surface area contributed by atoms with Crippen molar-refractivity contribution in [3.05, 3.63) is 33.6 Å². The number of imide groups is 1. The van der Waals surface area contributed by atoms with Crippen molar-refractivity contribution in [1.82, 2.24) is 9.80 Å². The van der Waals surface area contributed by atoms with E-state index in [1.54, 1.807) is 13.8 Å². The van der Waals surface area contributed by atoms with Gasteiger partial charge in [-0.3, -0.25) is 14.6 Å². The van der Waals surface area contributed by atoms with Gasteiger partial charge in [0, 0.05) is 22.9 Å². The van der Waals surface area contributed by atoms with Gasteiger partial charge in [-0.2, -0.15) is 0 Å². The van der Waals surface area contributed by atoms with E-state index in [9.17, 15) is 14.7 Å². The SMILES string of the molecule is CCN1C(=O)/C(=C2\Sc3ccc(C(C)(C)C)cc3S2)C(O)N(CC)C1=O. The van der Waals surface area contributed by atoms with Crippen molar-refractivity contribution in [3.8, 4) is 0 Å². The summed E-state index contributed by atoms with van der Waals surface area (Å²) in [6.45, 7) is 10.7. The van der Waals surface area contributed by atoms with E-state index in [-0.39, 0.29) is 12.0 Å². The van der Waals surface area contributed by atoms with Crippen molar-refractivity contribution in [2.24, 2.45) is 0 Å². The van der Waals surface area contributed by atoms with Crippen LogP contribution in [0.3, 0.4) is 0 Å². The molecule has 1 saturated heterocycles. The monoisotopic (exact) mass is 392 g/mol. The topological polar surface area (TPSA) is 60.9 Å². The number of aliphatic hydroxyl groups excluding tert-OH is 1. The van der Waals surface area contributed by atoms with Gasteiger partial charge in [0.2, 0.25) is 0 Å². The van der Waals surface area contributed by atoms with Gasteiger partial charge in [0.1, 0.15) is 0 Å². The highest BCUT2D eigenvalue weighted by molar-refractivity contribution is 8.24. The average Bonchev–Trinajstić information content (AvgIpc) is 2.97. The largest absolute Gasteiger partial charge is 0.369 e. The van der Waals surface area contributed by atoms with E-state index >= 15 is 0 Å². The van der Waals surface area contributed by atoms with Gasteiger partial charge in [-0.15, -0.1) is 0 Å². The minimum absolute atomic E-state index is 0.0424. The first kappa shape index (κ1) is 19.3. The molecule has 1 atom stereocenters. The fraction of sp³-hybridized carbons (Fsp3) is 0.474. The zero-order valence-electron chi connectivity index (χ0n) is 15.7. The number of urea groups is 1. The van der Waals surface area contributed by atoms with Crippen LogP contribution in [0.2, 0.25) is 0 Å². The molecule has 2 aliphatic rings. The molecule has 0 aromatic heterocycles. The summed E-state index contributed by atoms with van der Waals surface area (Å²) in [5.74, 6) is -0.395. The molecule has 1 N–H and O–H groups in total. The van der Waals surface area contributed by atoms with Crippen molar-refractivity contribution < 1.29 is 14.7 Å². The van der Waals surface area contributed by atoms with Crippen LogP contribution in [0.1, 0.15) is 40.2 Å². The van der Waals surface area contributed by atoms with Gasteiger partial charge < -0.3 is 5.11 Å². The van der Waals surface area contributed by atoms with Crippen LogP contribution in [0.5, 0.6) is 0 Å². The first-order valence-electron chi connectivity index (χ1n) is 8.74. The van der Waals surface area contributed by atoms with Gasteiger partial charge in [0.15, 0.2) is 6.23 Å². The molecule has 0 bridgehead atoms. The van der Waals surface area contributed by atoms with Gasteiger partial charge in [0.25, 0.3) is 5.91 Å². The van der Waals surface area contributed by atoms with Crippen molar-refractivity contribution >= 4 is 35.5 Å². The number of fused-ring (bicyclic) bond motifs is 1. The average molecular weight is 393 g/mol. The van der Waals surface area contributed by atoms with Crippen LogP contribution in [-0.4, -0.2) is 46.2 Å². The Hall–Kier alpha value is -1.44. The fourth-order valence-corrected chi connectivity index (χ4v) is 5.62. The maximum absolute atomic E-state index is 12.8. The van der Waals surface area contributed by atoms with E-state index in [2.05, 4.69) is 39.0 Å². The summed E-state index contributed by atoms with van der Waals surface area (Å²) in [6, 6.07) is 5.90. The van der Waals surface area contributed by atoms with E-state index in [4.69, 9.17) is 0 Å². The molecule has 1 aromatic carbocycles. The molecule has 7 heteroatoms. The molecule has 3 amide bonds. The Labute approximate surface area is 162 Å². The third kappa shape index (κ3) is 3.17. The number of carbonyl (C=O) groups is 2. The molecule has 140 valence electrons. The molecule has 26 heavy (non-hydrogen) atoms. The van der Waals surface area contributed by atoms with Crippen molar-refractivity contribution in [2.45, 2.75) is 56.1 Å². The molecule has 0 spiro atoms. The van der Waals surface area contributed by atoms with Crippen molar-refractivity contribution in [1.29, 1.82) is 0 Å². The summed E-state index contributed by atoms with van der Waals surface area (Å²) >= 11 is 3.00. The number of benzene rings is 1. The summed E-state index contributed by atoms with van der Waals surface area (Å²) in [7, 11) is 0. The normalized spacial score (nSPS) is 23.7. The molecule has 0 saturated carbocycles. The van der Waals surface area contributed by atoms with Crippen molar-refractivity contribution in [2.75, 3.05) is 13.1 Å². The Bertz CT molecular complexity index is 798. The lowest BCUT2D eigenvalue weighted by Crippen LogP contribution is -2.58. The highest BCUT2D eigenvalue weighted by Gasteiger charge is 2.43. The molecule has 5 nitrogen and oxygen atoms in total. The number of rotatable bonds is 2. The summed E-state index contributed by atoms with van der Waals surface area (Å²) in [4.78, 5) is 29.9. The highest BCUT2D eigenvalue weighted by atomic mass is 32.2. The second-order valence-corrected chi connectivity index (χ2v) is 9.67. The zero-order valence-corrected chi connectivity index (χ0v) is 17.3. The number of carbonyl (C=O) groups excluding carboxylic acids is 2. The van der Waals surface area contributed by atoms with Crippen LogP contribution in [0, 0.1) is 0 Å². The van der Waals surface area contributed by atoms with Gasteiger partial charge >= 0.3 is 6.03 Å². The third-order valence-corrected chi connectivity index (χ3v) is 7.17. The van der Waals surface area contributed by atoms with Crippen LogP contribution < -0.4 is 0 Å². The summed E-state index contributed by atoms with van der Waals surface area (Å²) < 4.78 is 0.757. The minimum Gasteiger partial charge on any atom is -0.369 e. The maximum Gasteiger partial charge on any atom is 0.329 e. The summed E-state index contributed by atoms with van der Waals surface area (Å²) in [5, 5.41) is 10.7. The Morgan fingerprint density at radius 2 is 1.73 bits per heavy atom. The highest BCUT2D eigenvalue weighted by Crippen LogP contribution is 2.54. The number of amides is 3. The van der Waals surface area contributed by atoms with Crippen molar-refractivity contribution in [3.63, 3.8) is 0 Å². The number of thioether (sulfide) groups is 2. The van der Waals surface area contributed by atoms with E-state index in [0.29, 0.717) is 12.1 Å². The molecule has 3 rings (SSSR count). The standard InChI is InChI=1S/C19H24N2O3S2/c1-6-20-15(22)14(16(23)21(7-2)18(20)24)17-25-12-9-8-11(19(3,4)5)10-13(12)26-17/h8-10,15,22H,6-7H2,1-5H3/b17-14+. The lowest BCUT2D eigenvalue weighted by atomic mass is 9.87. The van der Waals surface area contributed by atoms with Gasteiger partial charge in [-0.25, -0.2) is 4.79 Å². The molecule has 2 aliphatic heterocycles. The fourth-order valence-electron chi connectivity index (χ4n) is 3.01. The quantitative estimate of drug-likeness (QED) is 0.771. The molecular weight excluding hydrogens is 368 g/mol. The van der Waals surface area contributed by atoms with E-state index in [1.165, 1.54) is 38.9 Å². The van der Waals surface area contributed by atoms with E-state index < -0.39 is 18.2 Å². The second-order valence-electron chi connectivity index (χ2n) is 7.31. The van der Waals surface area contributed by atoms with Crippen LogP contribution in [0.25, 0.3) is 0 Å².